The number of aromatic nitrogens is 2. The topological polar surface area (TPSA) is 75.4 Å². The quantitative estimate of drug-likeness (QED) is 0.424. The molecule has 0 saturated carbocycles. The van der Waals surface area contributed by atoms with E-state index in [0.29, 0.717) is 48.3 Å². The van der Waals surface area contributed by atoms with Crippen LogP contribution in [0.25, 0.3) is 10.9 Å². The Bertz CT molecular complexity index is 1410. The Morgan fingerprint density at radius 1 is 1.00 bits per heavy atom. The molecule has 6 nitrogen and oxygen atoms in total. The van der Waals surface area contributed by atoms with Crippen molar-refractivity contribution in [1.29, 1.82) is 0 Å². The molecule has 1 aliphatic heterocycles. The van der Waals surface area contributed by atoms with E-state index in [4.69, 9.17) is 11.6 Å². The smallest absolute Gasteiger partial charge is 0.261 e. The maximum absolute atomic E-state index is 13.7. The summed E-state index contributed by atoms with van der Waals surface area (Å²) in [5.74, 6) is -0.229. The Labute approximate surface area is 214 Å². The number of carbonyl (C=O) groups is 1. The van der Waals surface area contributed by atoms with E-state index < -0.39 is 5.60 Å². The predicted octanol–water partition coefficient (Wildman–Crippen LogP) is 4.43. The Hall–Kier alpha value is -3.48. The van der Waals surface area contributed by atoms with Crippen molar-refractivity contribution in [3.63, 3.8) is 0 Å². The van der Waals surface area contributed by atoms with Crippen molar-refractivity contribution >= 4 is 28.4 Å². The van der Waals surface area contributed by atoms with E-state index >= 15 is 0 Å². The molecule has 1 fully saturated rings. The van der Waals surface area contributed by atoms with Gasteiger partial charge < -0.3 is 10.0 Å². The van der Waals surface area contributed by atoms with Gasteiger partial charge in [-0.2, -0.15) is 0 Å². The van der Waals surface area contributed by atoms with E-state index in [1.54, 1.807) is 18.2 Å². The molecule has 7 heteroatoms. The van der Waals surface area contributed by atoms with Gasteiger partial charge in [-0.25, -0.2) is 4.98 Å². The molecule has 0 aliphatic carbocycles. The first kappa shape index (κ1) is 24.2. The van der Waals surface area contributed by atoms with Crippen LogP contribution in [0.5, 0.6) is 0 Å². The van der Waals surface area contributed by atoms with Crippen molar-refractivity contribution in [2.24, 2.45) is 0 Å². The number of aliphatic hydroxyl groups is 1. The summed E-state index contributed by atoms with van der Waals surface area (Å²) < 4.78 is 1.45. The molecule has 0 bridgehead atoms. The van der Waals surface area contributed by atoms with Crippen molar-refractivity contribution in [2.45, 2.75) is 37.3 Å². The fourth-order valence-electron chi connectivity index (χ4n) is 4.97. The van der Waals surface area contributed by atoms with Crippen LogP contribution in [0.2, 0.25) is 5.02 Å². The largest absolute Gasteiger partial charge is 0.388 e. The highest BCUT2D eigenvalue weighted by Crippen LogP contribution is 2.29. The van der Waals surface area contributed by atoms with Gasteiger partial charge in [0.25, 0.3) is 5.56 Å². The normalized spacial score (nSPS) is 16.1. The zero-order chi connectivity index (χ0) is 25.1. The number of carbonyl (C=O) groups excluding carboxylic acids is 1. The van der Waals surface area contributed by atoms with Gasteiger partial charge in [0.15, 0.2) is 0 Å². The molecule has 36 heavy (non-hydrogen) atoms. The maximum Gasteiger partial charge on any atom is 0.261 e. The number of likely N-dealkylation sites (tertiary alicyclic amines) is 1. The van der Waals surface area contributed by atoms with Gasteiger partial charge in [0, 0.05) is 18.1 Å². The van der Waals surface area contributed by atoms with Gasteiger partial charge in [-0.15, -0.1) is 0 Å². The highest BCUT2D eigenvalue weighted by molar-refractivity contribution is 6.31. The summed E-state index contributed by atoms with van der Waals surface area (Å²) in [6, 6.07) is 24.9. The number of amides is 1. The third kappa shape index (κ3) is 5.20. The molecule has 3 aromatic carbocycles. The number of piperidine rings is 1. The van der Waals surface area contributed by atoms with Crippen LogP contribution in [-0.2, 0) is 17.8 Å². The molecule has 184 valence electrons. The summed E-state index contributed by atoms with van der Waals surface area (Å²) in [4.78, 5) is 32.8. The van der Waals surface area contributed by atoms with Crippen LogP contribution in [0.4, 0.5) is 0 Å². The van der Waals surface area contributed by atoms with Crippen LogP contribution in [0.15, 0.2) is 90.0 Å². The molecular formula is C29H28ClN3O3. The summed E-state index contributed by atoms with van der Waals surface area (Å²) in [6.07, 6.45) is 2.85. The van der Waals surface area contributed by atoms with E-state index in [1.165, 1.54) is 10.9 Å². The number of hydrogen-bond acceptors (Lipinski definition) is 4. The van der Waals surface area contributed by atoms with Crippen molar-refractivity contribution in [3.05, 3.63) is 112 Å². The molecule has 0 spiro atoms. The Morgan fingerprint density at radius 2 is 1.67 bits per heavy atom. The standard InChI is InChI=1S/C29H28ClN3O3/c30-23-11-12-24-26(18-23)31-20-33(27(24)34)19-29(36)13-15-32(16-14-29)28(35)25(22-9-5-2-6-10-22)17-21-7-3-1-4-8-21/h1-12,18,20,25,36H,13-17,19H2. The summed E-state index contributed by atoms with van der Waals surface area (Å²) in [7, 11) is 0. The van der Waals surface area contributed by atoms with E-state index in [0.717, 1.165) is 11.1 Å². The van der Waals surface area contributed by atoms with Gasteiger partial charge in [0.05, 0.1) is 35.3 Å². The van der Waals surface area contributed by atoms with E-state index in [-0.39, 0.29) is 23.9 Å². The molecule has 1 aliphatic rings. The van der Waals surface area contributed by atoms with Gasteiger partial charge in [0.1, 0.15) is 0 Å². The van der Waals surface area contributed by atoms with E-state index in [1.807, 2.05) is 65.6 Å². The van der Waals surface area contributed by atoms with Crippen LogP contribution < -0.4 is 5.56 Å². The molecule has 1 unspecified atom stereocenters. The second-order valence-corrected chi connectivity index (χ2v) is 9.98. The average molecular weight is 502 g/mol. The van der Waals surface area contributed by atoms with Crippen molar-refractivity contribution in [1.82, 2.24) is 14.5 Å². The first-order chi connectivity index (χ1) is 17.4. The van der Waals surface area contributed by atoms with E-state index in [2.05, 4.69) is 4.98 Å². The second kappa shape index (κ2) is 10.2. The lowest BCUT2D eigenvalue weighted by Gasteiger charge is -2.39. The number of hydrogen-bond donors (Lipinski definition) is 1. The average Bonchev–Trinajstić information content (AvgIpc) is 2.90. The number of fused-ring (bicyclic) bond motifs is 1. The zero-order valence-corrected chi connectivity index (χ0v) is 20.6. The first-order valence-electron chi connectivity index (χ1n) is 12.2. The number of halogens is 1. The SMILES string of the molecule is O=C(C(Cc1ccccc1)c1ccccc1)N1CCC(O)(Cn2cnc3cc(Cl)ccc3c2=O)CC1. The van der Waals surface area contributed by atoms with Crippen LogP contribution in [0.3, 0.4) is 0 Å². The number of nitrogens with zero attached hydrogens (tertiary/aromatic N) is 3. The van der Waals surface area contributed by atoms with Gasteiger partial charge in [-0.05, 0) is 48.6 Å². The summed E-state index contributed by atoms with van der Waals surface area (Å²) in [5.41, 5.74) is 1.32. The van der Waals surface area contributed by atoms with Crippen LogP contribution in [0, 0.1) is 0 Å². The van der Waals surface area contributed by atoms with Crippen molar-refractivity contribution in [3.8, 4) is 0 Å². The van der Waals surface area contributed by atoms with Gasteiger partial charge in [-0.3, -0.25) is 14.2 Å². The fourth-order valence-corrected chi connectivity index (χ4v) is 5.13. The maximum atomic E-state index is 13.7. The van der Waals surface area contributed by atoms with Gasteiger partial charge >= 0.3 is 0 Å². The zero-order valence-electron chi connectivity index (χ0n) is 19.9. The van der Waals surface area contributed by atoms with Crippen LogP contribution >= 0.6 is 11.6 Å². The third-order valence-corrected chi connectivity index (χ3v) is 7.28. The minimum atomic E-state index is -1.09. The Kier molecular flexibility index (Phi) is 6.90. The Morgan fingerprint density at radius 3 is 2.36 bits per heavy atom. The lowest BCUT2D eigenvalue weighted by atomic mass is 9.87. The van der Waals surface area contributed by atoms with Gasteiger partial charge in [-0.1, -0.05) is 72.3 Å². The highest BCUT2D eigenvalue weighted by Gasteiger charge is 2.36. The van der Waals surface area contributed by atoms with Crippen LogP contribution in [-0.4, -0.2) is 44.2 Å². The van der Waals surface area contributed by atoms with Crippen molar-refractivity contribution in [2.75, 3.05) is 13.1 Å². The molecule has 5 rings (SSSR count). The minimum absolute atomic E-state index is 0.0634. The Balaban J connectivity index is 1.30. The number of benzene rings is 3. The molecule has 1 N–H and O–H groups in total. The molecular weight excluding hydrogens is 474 g/mol. The molecule has 1 saturated heterocycles. The molecule has 4 aromatic rings. The summed E-state index contributed by atoms with van der Waals surface area (Å²) in [5, 5.41) is 12.3. The fraction of sp³-hybridized carbons (Fsp3) is 0.276. The van der Waals surface area contributed by atoms with Crippen LogP contribution in [0.1, 0.15) is 29.9 Å². The molecule has 1 atom stereocenters. The lowest BCUT2D eigenvalue weighted by molar-refractivity contribution is -0.137. The summed E-state index contributed by atoms with van der Waals surface area (Å²) >= 11 is 6.01. The minimum Gasteiger partial charge on any atom is -0.388 e. The molecule has 0 radical (unpaired) electrons. The molecule has 2 heterocycles. The number of rotatable bonds is 6. The highest BCUT2D eigenvalue weighted by atomic mass is 35.5. The second-order valence-electron chi connectivity index (χ2n) is 9.54. The predicted molar refractivity (Wildman–Crippen MR) is 141 cm³/mol. The van der Waals surface area contributed by atoms with Crippen molar-refractivity contribution < 1.29 is 9.90 Å². The molecule has 1 amide bonds. The van der Waals surface area contributed by atoms with Gasteiger partial charge in [0.2, 0.25) is 5.91 Å². The van der Waals surface area contributed by atoms with E-state index in [9.17, 15) is 14.7 Å². The first-order valence-corrected chi connectivity index (χ1v) is 12.5. The molecule has 1 aromatic heterocycles. The summed E-state index contributed by atoms with van der Waals surface area (Å²) in [6.45, 7) is 0.989. The third-order valence-electron chi connectivity index (χ3n) is 7.04. The lowest BCUT2D eigenvalue weighted by Crippen LogP contribution is -2.50. The monoisotopic (exact) mass is 501 g/mol.